The zero-order valence-electron chi connectivity index (χ0n) is 11.0. The van der Waals surface area contributed by atoms with E-state index < -0.39 is 0 Å². The zero-order valence-corrected chi connectivity index (χ0v) is 11.0. The quantitative estimate of drug-likeness (QED) is 0.716. The van der Waals surface area contributed by atoms with E-state index in [0.29, 0.717) is 17.4 Å². The molecule has 0 spiro atoms. The van der Waals surface area contributed by atoms with Crippen LogP contribution in [0.2, 0.25) is 0 Å². The van der Waals surface area contributed by atoms with Crippen LogP contribution in [0.4, 0.5) is 4.39 Å². The van der Waals surface area contributed by atoms with E-state index >= 15 is 0 Å². The van der Waals surface area contributed by atoms with Gasteiger partial charge in [0.15, 0.2) is 0 Å². The van der Waals surface area contributed by atoms with Crippen molar-refractivity contribution >= 4 is 10.9 Å². The fraction of sp³-hybridized carbons (Fsp3) is 0.125. The van der Waals surface area contributed by atoms with Gasteiger partial charge in [-0.3, -0.25) is 9.36 Å². The highest BCUT2D eigenvalue weighted by atomic mass is 19.1. The van der Waals surface area contributed by atoms with Crippen LogP contribution in [0.15, 0.2) is 53.6 Å². The van der Waals surface area contributed by atoms with Gasteiger partial charge in [0.2, 0.25) is 0 Å². The van der Waals surface area contributed by atoms with Crippen LogP contribution >= 0.6 is 0 Å². The molecule has 1 heterocycles. The smallest absolute Gasteiger partial charge is 0.261 e. The molecule has 3 rings (SSSR count). The Morgan fingerprint density at radius 2 is 2.05 bits per heavy atom. The molecular weight excluding hydrogens is 255 g/mol. The van der Waals surface area contributed by atoms with Gasteiger partial charge in [-0.2, -0.15) is 0 Å². The molecule has 3 nitrogen and oxygen atoms in total. The van der Waals surface area contributed by atoms with Crippen molar-refractivity contribution in [2.75, 3.05) is 0 Å². The average Bonchev–Trinajstić information content (AvgIpc) is 2.42. The summed E-state index contributed by atoms with van der Waals surface area (Å²) in [5.41, 5.74) is 2.41. The topological polar surface area (TPSA) is 34.9 Å². The average molecular weight is 268 g/mol. The first kappa shape index (κ1) is 12.5. The first-order chi connectivity index (χ1) is 9.63. The van der Waals surface area contributed by atoms with E-state index in [1.807, 2.05) is 31.2 Å². The molecule has 0 atom stereocenters. The highest BCUT2D eigenvalue weighted by Gasteiger charge is 2.05. The minimum atomic E-state index is -0.388. The van der Waals surface area contributed by atoms with Crippen molar-refractivity contribution in [1.29, 1.82) is 0 Å². The maximum Gasteiger partial charge on any atom is 0.261 e. The van der Waals surface area contributed by atoms with E-state index in [4.69, 9.17) is 0 Å². The number of fused-ring (bicyclic) bond motifs is 1. The predicted molar refractivity (Wildman–Crippen MR) is 76.2 cm³/mol. The first-order valence-electron chi connectivity index (χ1n) is 6.34. The van der Waals surface area contributed by atoms with Gasteiger partial charge in [0.1, 0.15) is 5.82 Å². The standard InChI is InChI=1S/C16H13FN2O/c1-11-3-2-4-12(7-11)9-19-10-18-15-8-13(17)5-6-14(15)16(19)20/h2-8,10H,9H2,1H3. The van der Waals surface area contributed by atoms with Crippen LogP contribution in [0, 0.1) is 12.7 Å². The van der Waals surface area contributed by atoms with Gasteiger partial charge >= 0.3 is 0 Å². The summed E-state index contributed by atoms with van der Waals surface area (Å²) in [6.07, 6.45) is 1.46. The van der Waals surface area contributed by atoms with Crippen molar-refractivity contribution in [2.24, 2.45) is 0 Å². The molecule has 0 saturated carbocycles. The van der Waals surface area contributed by atoms with Crippen LogP contribution in [0.3, 0.4) is 0 Å². The summed E-state index contributed by atoms with van der Waals surface area (Å²) in [7, 11) is 0. The Morgan fingerprint density at radius 3 is 2.85 bits per heavy atom. The molecule has 2 aromatic carbocycles. The molecular formula is C16H13FN2O. The summed E-state index contributed by atoms with van der Waals surface area (Å²) in [6.45, 7) is 2.47. The van der Waals surface area contributed by atoms with Gasteiger partial charge in [-0.1, -0.05) is 29.8 Å². The summed E-state index contributed by atoms with van der Waals surface area (Å²) < 4.78 is 14.6. The van der Waals surface area contributed by atoms with Gasteiger partial charge in [0, 0.05) is 6.07 Å². The molecule has 100 valence electrons. The Hall–Kier alpha value is -2.49. The molecule has 1 aromatic heterocycles. The Balaban J connectivity index is 2.07. The summed E-state index contributed by atoms with van der Waals surface area (Å²) >= 11 is 0. The molecule has 3 aromatic rings. The lowest BCUT2D eigenvalue weighted by Crippen LogP contribution is -2.21. The lowest BCUT2D eigenvalue weighted by Gasteiger charge is -2.07. The molecule has 0 amide bonds. The minimum absolute atomic E-state index is 0.156. The van der Waals surface area contributed by atoms with Crippen LogP contribution in [-0.2, 0) is 6.54 Å². The SMILES string of the molecule is Cc1cccc(Cn2cnc3cc(F)ccc3c2=O)c1. The normalized spacial score (nSPS) is 10.9. The monoisotopic (exact) mass is 268 g/mol. The number of benzene rings is 2. The largest absolute Gasteiger partial charge is 0.294 e. The van der Waals surface area contributed by atoms with Gasteiger partial charge in [-0.05, 0) is 24.6 Å². The van der Waals surface area contributed by atoms with Crippen molar-refractivity contribution in [3.05, 3.63) is 76.1 Å². The van der Waals surface area contributed by atoms with Crippen LogP contribution in [-0.4, -0.2) is 9.55 Å². The maximum absolute atomic E-state index is 13.1. The molecule has 0 radical (unpaired) electrons. The van der Waals surface area contributed by atoms with Crippen LogP contribution in [0.5, 0.6) is 0 Å². The summed E-state index contributed by atoms with van der Waals surface area (Å²) in [5, 5.41) is 0.432. The first-order valence-corrected chi connectivity index (χ1v) is 6.34. The molecule has 0 aliphatic rings. The molecule has 0 saturated heterocycles. The third-order valence-electron chi connectivity index (χ3n) is 3.22. The van der Waals surface area contributed by atoms with E-state index in [-0.39, 0.29) is 11.4 Å². The molecule has 0 unspecified atom stereocenters. The second-order valence-electron chi connectivity index (χ2n) is 4.83. The van der Waals surface area contributed by atoms with Crippen LogP contribution in [0.1, 0.15) is 11.1 Å². The summed E-state index contributed by atoms with van der Waals surface area (Å²) in [4.78, 5) is 16.5. The van der Waals surface area contributed by atoms with Gasteiger partial charge in [-0.15, -0.1) is 0 Å². The third-order valence-corrected chi connectivity index (χ3v) is 3.22. The van der Waals surface area contributed by atoms with E-state index in [9.17, 15) is 9.18 Å². The molecule has 0 aliphatic heterocycles. The third kappa shape index (κ3) is 2.32. The summed E-state index contributed by atoms with van der Waals surface area (Å²) in [5.74, 6) is -0.388. The maximum atomic E-state index is 13.1. The van der Waals surface area contributed by atoms with E-state index in [1.54, 1.807) is 0 Å². The predicted octanol–water partition coefficient (Wildman–Crippen LogP) is 2.89. The van der Waals surface area contributed by atoms with Gasteiger partial charge in [0.05, 0.1) is 23.8 Å². The Morgan fingerprint density at radius 1 is 1.20 bits per heavy atom. The molecule has 0 fully saturated rings. The molecule has 20 heavy (non-hydrogen) atoms. The zero-order chi connectivity index (χ0) is 14.1. The number of aromatic nitrogens is 2. The molecule has 4 heteroatoms. The van der Waals surface area contributed by atoms with Crippen molar-refractivity contribution < 1.29 is 4.39 Å². The molecule has 0 aliphatic carbocycles. The molecule has 0 bridgehead atoms. The van der Waals surface area contributed by atoms with Gasteiger partial charge in [-0.25, -0.2) is 9.37 Å². The number of halogens is 1. The van der Waals surface area contributed by atoms with Crippen LogP contribution < -0.4 is 5.56 Å². The fourth-order valence-corrected chi connectivity index (χ4v) is 2.25. The Labute approximate surface area is 115 Å². The second kappa shape index (κ2) is 4.89. The fourth-order valence-electron chi connectivity index (χ4n) is 2.25. The van der Waals surface area contributed by atoms with Crippen molar-refractivity contribution in [1.82, 2.24) is 9.55 Å². The van der Waals surface area contributed by atoms with E-state index in [0.717, 1.165) is 11.1 Å². The number of hydrogen-bond acceptors (Lipinski definition) is 2. The lowest BCUT2D eigenvalue weighted by molar-refractivity contribution is 0.629. The number of aryl methyl sites for hydroxylation is 1. The lowest BCUT2D eigenvalue weighted by atomic mass is 10.1. The highest BCUT2D eigenvalue weighted by molar-refractivity contribution is 5.77. The number of nitrogens with zero attached hydrogens (tertiary/aromatic N) is 2. The number of hydrogen-bond donors (Lipinski definition) is 0. The Bertz CT molecular complexity index is 839. The van der Waals surface area contributed by atoms with Crippen molar-refractivity contribution in [3.8, 4) is 0 Å². The van der Waals surface area contributed by atoms with Gasteiger partial charge in [0.25, 0.3) is 5.56 Å². The van der Waals surface area contributed by atoms with Gasteiger partial charge < -0.3 is 0 Å². The summed E-state index contributed by atoms with van der Waals surface area (Å²) in [6, 6.07) is 12.0. The van der Waals surface area contributed by atoms with Crippen molar-refractivity contribution in [3.63, 3.8) is 0 Å². The van der Waals surface area contributed by atoms with E-state index in [2.05, 4.69) is 4.98 Å². The second-order valence-corrected chi connectivity index (χ2v) is 4.83. The number of rotatable bonds is 2. The van der Waals surface area contributed by atoms with Crippen molar-refractivity contribution in [2.45, 2.75) is 13.5 Å². The highest BCUT2D eigenvalue weighted by Crippen LogP contribution is 2.10. The van der Waals surface area contributed by atoms with Crippen LogP contribution in [0.25, 0.3) is 10.9 Å². The van der Waals surface area contributed by atoms with E-state index in [1.165, 1.54) is 29.1 Å². The Kier molecular flexibility index (Phi) is 3.06. The molecule has 0 N–H and O–H groups in total. The minimum Gasteiger partial charge on any atom is -0.294 e.